The number of carbonyl (C=O) groups is 2. The number of carbonyl (C=O) groups excluding carboxylic acids is 1. The summed E-state index contributed by atoms with van der Waals surface area (Å²) in [7, 11) is 0. The summed E-state index contributed by atoms with van der Waals surface area (Å²) in [4.78, 5) is 32.3. The van der Waals surface area contributed by atoms with Crippen molar-refractivity contribution in [1.82, 2.24) is 0 Å². The van der Waals surface area contributed by atoms with Crippen LogP contribution in [-0.2, 0) is 19.4 Å². The summed E-state index contributed by atoms with van der Waals surface area (Å²) < 4.78 is 0. The van der Waals surface area contributed by atoms with E-state index in [-0.39, 0.29) is 18.6 Å². The Labute approximate surface area is 106 Å². The van der Waals surface area contributed by atoms with Crippen LogP contribution in [0.5, 0.6) is 0 Å². The standard InChI is InChI=1S/C13H18O5/c1-12(2,3)17-18-13(9-6-11(15)16)7-4-10(14)5-8-13/h4-5,7-8H,6,9H2,1-3H3,(H,15,16). The molecule has 0 saturated heterocycles. The number of ketones is 1. The minimum Gasteiger partial charge on any atom is -0.481 e. The number of rotatable bonds is 5. The number of carboxylic acid groups (broad SMARTS) is 1. The van der Waals surface area contributed by atoms with Crippen molar-refractivity contribution in [2.24, 2.45) is 0 Å². The quantitative estimate of drug-likeness (QED) is 0.600. The van der Waals surface area contributed by atoms with Crippen LogP contribution in [0.25, 0.3) is 0 Å². The average molecular weight is 254 g/mol. The van der Waals surface area contributed by atoms with Gasteiger partial charge in [-0.05, 0) is 51.5 Å². The Morgan fingerprint density at radius 2 is 1.89 bits per heavy atom. The summed E-state index contributed by atoms with van der Waals surface area (Å²) in [6.07, 6.45) is 5.91. The summed E-state index contributed by atoms with van der Waals surface area (Å²) in [5.74, 6) is -1.08. The predicted molar refractivity (Wildman–Crippen MR) is 64.8 cm³/mol. The summed E-state index contributed by atoms with van der Waals surface area (Å²) >= 11 is 0. The Morgan fingerprint density at radius 1 is 1.33 bits per heavy atom. The van der Waals surface area contributed by atoms with Crippen molar-refractivity contribution in [2.45, 2.75) is 44.8 Å². The van der Waals surface area contributed by atoms with E-state index in [1.165, 1.54) is 24.3 Å². The molecule has 0 spiro atoms. The Morgan fingerprint density at radius 3 is 2.33 bits per heavy atom. The molecule has 5 heteroatoms. The SMILES string of the molecule is CC(C)(C)OOC1(CCC(=O)O)C=CC(=O)C=C1. The molecule has 0 heterocycles. The van der Waals surface area contributed by atoms with E-state index in [0.717, 1.165) is 0 Å². The number of hydrogen-bond acceptors (Lipinski definition) is 4. The maximum absolute atomic E-state index is 11.1. The summed E-state index contributed by atoms with van der Waals surface area (Å²) in [6.45, 7) is 5.46. The van der Waals surface area contributed by atoms with Crippen LogP contribution >= 0.6 is 0 Å². The molecule has 1 N–H and O–H groups in total. The first-order chi connectivity index (χ1) is 8.22. The molecule has 1 aliphatic rings. The fourth-order valence-electron chi connectivity index (χ4n) is 1.33. The number of allylic oxidation sites excluding steroid dienone is 2. The lowest BCUT2D eigenvalue weighted by atomic mass is 9.92. The van der Waals surface area contributed by atoms with Gasteiger partial charge in [-0.1, -0.05) is 0 Å². The first-order valence-electron chi connectivity index (χ1n) is 5.74. The highest BCUT2D eigenvalue weighted by Gasteiger charge is 2.31. The van der Waals surface area contributed by atoms with Crippen LogP contribution in [0.2, 0.25) is 0 Å². The second-order valence-electron chi connectivity index (χ2n) is 5.20. The Bertz CT molecular complexity index is 371. The van der Waals surface area contributed by atoms with Gasteiger partial charge in [-0.2, -0.15) is 0 Å². The van der Waals surface area contributed by atoms with Gasteiger partial charge in [0.2, 0.25) is 0 Å². The van der Waals surface area contributed by atoms with Crippen molar-refractivity contribution < 1.29 is 24.5 Å². The molecule has 100 valence electrons. The molecule has 0 aromatic rings. The normalized spacial score (nSPS) is 18.1. The molecule has 0 unspecified atom stereocenters. The zero-order valence-electron chi connectivity index (χ0n) is 10.8. The van der Waals surface area contributed by atoms with Gasteiger partial charge in [0.15, 0.2) is 5.78 Å². The van der Waals surface area contributed by atoms with Crippen molar-refractivity contribution in [3.63, 3.8) is 0 Å². The van der Waals surface area contributed by atoms with Crippen LogP contribution in [0.1, 0.15) is 33.6 Å². The van der Waals surface area contributed by atoms with E-state index >= 15 is 0 Å². The highest BCUT2D eigenvalue weighted by Crippen LogP contribution is 2.27. The lowest BCUT2D eigenvalue weighted by molar-refractivity contribution is -0.384. The van der Waals surface area contributed by atoms with Gasteiger partial charge >= 0.3 is 5.97 Å². The van der Waals surface area contributed by atoms with Crippen molar-refractivity contribution in [3.8, 4) is 0 Å². The van der Waals surface area contributed by atoms with Crippen molar-refractivity contribution in [3.05, 3.63) is 24.3 Å². The van der Waals surface area contributed by atoms with Crippen LogP contribution < -0.4 is 0 Å². The number of carboxylic acids is 1. The zero-order chi connectivity index (χ0) is 13.8. The van der Waals surface area contributed by atoms with Crippen LogP contribution in [0.15, 0.2) is 24.3 Å². The molecule has 0 fully saturated rings. The second kappa shape index (κ2) is 5.46. The lowest BCUT2D eigenvalue weighted by Crippen LogP contribution is -2.34. The van der Waals surface area contributed by atoms with E-state index < -0.39 is 17.2 Å². The molecule has 1 rings (SSSR count). The number of aliphatic carboxylic acids is 1. The molecular weight excluding hydrogens is 236 g/mol. The number of hydrogen-bond donors (Lipinski definition) is 1. The van der Waals surface area contributed by atoms with Crippen LogP contribution in [0.3, 0.4) is 0 Å². The molecule has 0 aromatic carbocycles. The van der Waals surface area contributed by atoms with Gasteiger partial charge in [0.05, 0.1) is 5.60 Å². The largest absolute Gasteiger partial charge is 0.481 e. The van der Waals surface area contributed by atoms with Crippen molar-refractivity contribution in [1.29, 1.82) is 0 Å². The third kappa shape index (κ3) is 4.81. The van der Waals surface area contributed by atoms with E-state index in [4.69, 9.17) is 14.9 Å². The first-order valence-corrected chi connectivity index (χ1v) is 5.74. The van der Waals surface area contributed by atoms with Gasteiger partial charge in [-0.25, -0.2) is 9.78 Å². The first kappa shape index (κ1) is 14.6. The van der Waals surface area contributed by atoms with E-state index in [1.807, 2.05) is 20.8 Å². The topological polar surface area (TPSA) is 72.8 Å². The van der Waals surface area contributed by atoms with Gasteiger partial charge < -0.3 is 5.11 Å². The minimum absolute atomic E-state index is 0.0730. The molecule has 0 saturated carbocycles. The second-order valence-corrected chi connectivity index (χ2v) is 5.20. The lowest BCUT2D eigenvalue weighted by Gasteiger charge is -2.30. The van der Waals surface area contributed by atoms with E-state index in [9.17, 15) is 9.59 Å². The van der Waals surface area contributed by atoms with Crippen molar-refractivity contribution in [2.75, 3.05) is 0 Å². The van der Waals surface area contributed by atoms with Crippen LogP contribution in [-0.4, -0.2) is 28.1 Å². The van der Waals surface area contributed by atoms with Crippen LogP contribution in [0.4, 0.5) is 0 Å². The zero-order valence-corrected chi connectivity index (χ0v) is 10.8. The van der Waals surface area contributed by atoms with Gasteiger partial charge in [0.25, 0.3) is 0 Å². The Balaban J connectivity index is 2.75. The molecular formula is C13H18O5. The summed E-state index contributed by atoms with van der Waals surface area (Å²) in [5.41, 5.74) is -1.50. The van der Waals surface area contributed by atoms with Crippen molar-refractivity contribution >= 4 is 11.8 Å². The molecule has 0 aromatic heterocycles. The van der Waals surface area contributed by atoms with Gasteiger partial charge in [0, 0.05) is 6.42 Å². The summed E-state index contributed by atoms with van der Waals surface area (Å²) in [5, 5.41) is 8.73. The minimum atomic E-state index is -0.987. The van der Waals surface area contributed by atoms with Gasteiger partial charge in [0.1, 0.15) is 5.60 Å². The molecule has 0 aliphatic heterocycles. The molecule has 5 nitrogen and oxygen atoms in total. The highest BCUT2D eigenvalue weighted by atomic mass is 17.2. The third-order valence-corrected chi connectivity index (χ3v) is 2.24. The van der Waals surface area contributed by atoms with E-state index in [0.29, 0.717) is 0 Å². The van der Waals surface area contributed by atoms with E-state index in [2.05, 4.69) is 0 Å². The Hall–Kier alpha value is -1.46. The average Bonchev–Trinajstić information content (AvgIpc) is 2.26. The Kier molecular flexibility index (Phi) is 4.43. The molecule has 0 bridgehead atoms. The summed E-state index contributed by atoms with van der Waals surface area (Å²) in [6, 6.07) is 0. The molecule has 18 heavy (non-hydrogen) atoms. The van der Waals surface area contributed by atoms with Crippen LogP contribution in [0, 0.1) is 0 Å². The van der Waals surface area contributed by atoms with Gasteiger partial charge in [-0.15, -0.1) is 0 Å². The molecule has 0 atom stereocenters. The molecule has 0 radical (unpaired) electrons. The maximum Gasteiger partial charge on any atom is 0.303 e. The smallest absolute Gasteiger partial charge is 0.303 e. The maximum atomic E-state index is 11.1. The molecule has 1 aliphatic carbocycles. The monoisotopic (exact) mass is 254 g/mol. The molecule has 0 amide bonds. The third-order valence-electron chi connectivity index (χ3n) is 2.24. The van der Waals surface area contributed by atoms with Gasteiger partial charge in [-0.3, -0.25) is 9.59 Å². The predicted octanol–water partition coefficient (Wildman–Crippen LogP) is 2.03. The fourth-order valence-corrected chi connectivity index (χ4v) is 1.33. The fraction of sp³-hybridized carbons (Fsp3) is 0.538. The highest BCUT2D eigenvalue weighted by molar-refractivity contribution is 6.00. The van der Waals surface area contributed by atoms with E-state index in [1.54, 1.807) is 0 Å².